The molecule has 0 aromatic carbocycles. The Morgan fingerprint density at radius 2 is 2.14 bits per heavy atom. The molecule has 1 saturated heterocycles. The van der Waals surface area contributed by atoms with Crippen LogP contribution in [0.3, 0.4) is 0 Å². The lowest BCUT2D eigenvalue weighted by Crippen LogP contribution is -2.45. The second kappa shape index (κ2) is 3.42. The quantitative estimate of drug-likeness (QED) is 0.728. The van der Waals surface area contributed by atoms with Crippen molar-refractivity contribution in [2.75, 3.05) is 20.1 Å². The molecule has 0 aromatic rings. The fourth-order valence-corrected chi connectivity index (χ4v) is 1.67. The Labute approximate surface area is 85.6 Å². The van der Waals surface area contributed by atoms with Crippen molar-refractivity contribution in [2.24, 2.45) is 0 Å². The summed E-state index contributed by atoms with van der Waals surface area (Å²) in [4.78, 5) is 13.4. The molecular weight excluding hydrogens is 180 g/mol. The molecule has 0 aromatic heterocycles. The van der Waals surface area contributed by atoms with Crippen LogP contribution in [0.25, 0.3) is 0 Å². The van der Waals surface area contributed by atoms with Gasteiger partial charge in [0.1, 0.15) is 5.60 Å². The maximum absolute atomic E-state index is 11.6. The van der Waals surface area contributed by atoms with Crippen LogP contribution in [-0.2, 0) is 4.74 Å². The zero-order valence-electron chi connectivity index (χ0n) is 9.68. The zero-order valence-corrected chi connectivity index (χ0v) is 9.68. The van der Waals surface area contributed by atoms with Gasteiger partial charge in [-0.3, -0.25) is 4.90 Å². The molecule has 0 saturated carbocycles. The highest BCUT2D eigenvalue weighted by atomic mass is 16.6. The molecule has 0 bridgehead atoms. The summed E-state index contributed by atoms with van der Waals surface area (Å²) in [6.45, 7) is 9.33. The van der Waals surface area contributed by atoms with Crippen molar-refractivity contribution in [3.05, 3.63) is 0 Å². The molecule has 82 valence electrons. The summed E-state index contributed by atoms with van der Waals surface area (Å²) in [6.07, 6.45) is -0.213. The molecule has 1 aliphatic heterocycles. The predicted molar refractivity (Wildman–Crippen MR) is 55.3 cm³/mol. The SMILES string of the molecule is CNCC1(C)CN(C(C)(C)C)C(=O)O1. The molecule has 1 rings (SSSR count). The molecular formula is C10H20N2O2. The molecule has 14 heavy (non-hydrogen) atoms. The molecule has 1 amide bonds. The summed E-state index contributed by atoms with van der Waals surface area (Å²) in [5, 5.41) is 3.04. The average molecular weight is 200 g/mol. The summed E-state index contributed by atoms with van der Waals surface area (Å²) >= 11 is 0. The van der Waals surface area contributed by atoms with Crippen LogP contribution in [-0.4, -0.2) is 42.3 Å². The third kappa shape index (κ3) is 2.18. The van der Waals surface area contributed by atoms with Crippen LogP contribution < -0.4 is 5.32 Å². The van der Waals surface area contributed by atoms with Gasteiger partial charge in [0.15, 0.2) is 0 Å². The van der Waals surface area contributed by atoms with E-state index >= 15 is 0 Å². The Hall–Kier alpha value is -0.770. The Morgan fingerprint density at radius 3 is 2.50 bits per heavy atom. The molecule has 1 atom stereocenters. The first-order valence-electron chi connectivity index (χ1n) is 4.94. The van der Waals surface area contributed by atoms with Crippen molar-refractivity contribution < 1.29 is 9.53 Å². The topological polar surface area (TPSA) is 41.6 Å². The molecule has 1 fully saturated rings. The van der Waals surface area contributed by atoms with Gasteiger partial charge in [-0.25, -0.2) is 4.79 Å². The number of nitrogens with one attached hydrogen (secondary N) is 1. The number of cyclic esters (lactones) is 1. The molecule has 1 N–H and O–H groups in total. The van der Waals surface area contributed by atoms with Crippen molar-refractivity contribution >= 4 is 6.09 Å². The lowest BCUT2D eigenvalue weighted by Gasteiger charge is -2.30. The fraction of sp³-hybridized carbons (Fsp3) is 0.900. The normalized spacial score (nSPS) is 28.1. The van der Waals surface area contributed by atoms with Gasteiger partial charge < -0.3 is 10.1 Å². The van der Waals surface area contributed by atoms with Gasteiger partial charge in [-0.15, -0.1) is 0 Å². The minimum atomic E-state index is -0.390. The van der Waals surface area contributed by atoms with Crippen molar-refractivity contribution in [2.45, 2.75) is 38.8 Å². The van der Waals surface area contributed by atoms with Crippen molar-refractivity contribution in [1.82, 2.24) is 10.2 Å². The van der Waals surface area contributed by atoms with E-state index < -0.39 is 0 Å². The number of hydrogen-bond acceptors (Lipinski definition) is 3. The van der Waals surface area contributed by atoms with E-state index in [1.165, 1.54) is 0 Å². The largest absolute Gasteiger partial charge is 0.440 e. The molecule has 4 nitrogen and oxygen atoms in total. The number of nitrogens with zero attached hydrogens (tertiary/aromatic N) is 1. The highest BCUT2D eigenvalue weighted by molar-refractivity contribution is 5.71. The third-order valence-corrected chi connectivity index (χ3v) is 2.41. The van der Waals surface area contributed by atoms with Gasteiger partial charge in [-0.2, -0.15) is 0 Å². The molecule has 0 aliphatic carbocycles. The van der Waals surface area contributed by atoms with E-state index in [-0.39, 0.29) is 17.2 Å². The summed E-state index contributed by atoms with van der Waals surface area (Å²) in [5.41, 5.74) is -0.554. The van der Waals surface area contributed by atoms with E-state index in [0.29, 0.717) is 13.1 Å². The number of hydrogen-bond donors (Lipinski definition) is 1. The van der Waals surface area contributed by atoms with Crippen LogP contribution in [0.15, 0.2) is 0 Å². The average Bonchev–Trinajstić information content (AvgIpc) is 2.26. The lowest BCUT2D eigenvalue weighted by atomic mass is 10.0. The molecule has 1 aliphatic rings. The molecule has 0 spiro atoms. The van der Waals surface area contributed by atoms with Crippen LogP contribution in [0, 0.1) is 0 Å². The Balaban J connectivity index is 2.74. The van der Waals surface area contributed by atoms with Gasteiger partial charge in [0, 0.05) is 12.1 Å². The Kier molecular flexibility index (Phi) is 2.76. The molecule has 1 heterocycles. The first kappa shape index (κ1) is 11.3. The van der Waals surface area contributed by atoms with Crippen LogP contribution in [0.4, 0.5) is 4.79 Å². The van der Waals surface area contributed by atoms with E-state index in [9.17, 15) is 4.79 Å². The Morgan fingerprint density at radius 1 is 1.57 bits per heavy atom. The molecule has 1 unspecified atom stereocenters. The van der Waals surface area contributed by atoms with Crippen LogP contribution in [0.5, 0.6) is 0 Å². The zero-order chi connectivity index (χ0) is 11.0. The number of carbonyl (C=O) groups is 1. The predicted octanol–water partition coefficient (Wildman–Crippen LogP) is 1.22. The van der Waals surface area contributed by atoms with E-state index in [1.54, 1.807) is 4.90 Å². The number of carbonyl (C=O) groups excluding carboxylic acids is 1. The van der Waals surface area contributed by atoms with Crippen LogP contribution in [0.2, 0.25) is 0 Å². The maximum atomic E-state index is 11.6. The van der Waals surface area contributed by atoms with Gasteiger partial charge in [0.25, 0.3) is 0 Å². The minimum Gasteiger partial charge on any atom is -0.440 e. The first-order chi connectivity index (χ1) is 6.28. The van der Waals surface area contributed by atoms with Gasteiger partial charge in [0.2, 0.25) is 0 Å². The highest BCUT2D eigenvalue weighted by Gasteiger charge is 2.44. The Bertz CT molecular complexity index is 235. The monoisotopic (exact) mass is 200 g/mol. The lowest BCUT2D eigenvalue weighted by molar-refractivity contribution is 0.0724. The molecule has 0 radical (unpaired) electrons. The maximum Gasteiger partial charge on any atom is 0.410 e. The van der Waals surface area contributed by atoms with Crippen LogP contribution in [0.1, 0.15) is 27.7 Å². The standard InChI is InChI=1S/C10H20N2O2/c1-9(2,3)12-7-10(4,6-11-5)14-8(12)13/h11H,6-7H2,1-5H3. The molecule has 4 heteroatoms. The highest BCUT2D eigenvalue weighted by Crippen LogP contribution is 2.27. The van der Waals surface area contributed by atoms with E-state index in [4.69, 9.17) is 4.74 Å². The van der Waals surface area contributed by atoms with Crippen molar-refractivity contribution in [3.8, 4) is 0 Å². The van der Waals surface area contributed by atoms with E-state index in [2.05, 4.69) is 5.32 Å². The summed E-state index contributed by atoms with van der Waals surface area (Å²) < 4.78 is 5.35. The van der Waals surface area contributed by atoms with E-state index in [0.717, 1.165) is 0 Å². The second-order valence-corrected chi connectivity index (χ2v) is 5.11. The first-order valence-corrected chi connectivity index (χ1v) is 4.94. The smallest absolute Gasteiger partial charge is 0.410 e. The number of rotatable bonds is 2. The second-order valence-electron chi connectivity index (χ2n) is 5.11. The third-order valence-electron chi connectivity index (χ3n) is 2.41. The van der Waals surface area contributed by atoms with Crippen molar-refractivity contribution in [1.29, 1.82) is 0 Å². The minimum absolute atomic E-state index is 0.164. The summed E-state index contributed by atoms with van der Waals surface area (Å²) in [6, 6.07) is 0. The van der Waals surface area contributed by atoms with Crippen molar-refractivity contribution in [3.63, 3.8) is 0 Å². The number of amides is 1. The number of ether oxygens (including phenoxy) is 1. The van der Waals surface area contributed by atoms with Gasteiger partial charge in [0.05, 0.1) is 6.54 Å². The van der Waals surface area contributed by atoms with Gasteiger partial charge in [-0.05, 0) is 34.7 Å². The summed E-state index contributed by atoms with van der Waals surface area (Å²) in [5.74, 6) is 0. The summed E-state index contributed by atoms with van der Waals surface area (Å²) in [7, 11) is 1.86. The van der Waals surface area contributed by atoms with Crippen LogP contribution >= 0.6 is 0 Å². The fourth-order valence-electron chi connectivity index (χ4n) is 1.67. The van der Waals surface area contributed by atoms with Gasteiger partial charge in [-0.1, -0.05) is 0 Å². The number of likely N-dealkylation sites (N-methyl/N-ethyl adjacent to an activating group) is 1. The van der Waals surface area contributed by atoms with E-state index in [1.807, 2.05) is 34.7 Å². The van der Waals surface area contributed by atoms with Gasteiger partial charge >= 0.3 is 6.09 Å².